The second-order valence-electron chi connectivity index (χ2n) is 11.8. The third-order valence-electron chi connectivity index (χ3n) is 8.26. The van der Waals surface area contributed by atoms with Gasteiger partial charge in [0.1, 0.15) is 23.0 Å². The Morgan fingerprint density at radius 1 is 0.458 bits per heavy atom. The van der Waals surface area contributed by atoms with Crippen LogP contribution in [0.2, 0.25) is 0 Å². The summed E-state index contributed by atoms with van der Waals surface area (Å²) in [6.45, 7) is 4.86. The number of hydrogen-bond acceptors (Lipinski definition) is 8. The van der Waals surface area contributed by atoms with Gasteiger partial charge in [-0.3, -0.25) is 0 Å². The van der Waals surface area contributed by atoms with Gasteiger partial charge in [-0.05, 0) is 57.3 Å². The molecule has 0 N–H and O–H groups in total. The summed E-state index contributed by atoms with van der Waals surface area (Å²) in [5, 5.41) is 0. The van der Waals surface area contributed by atoms with Gasteiger partial charge in [0.25, 0.3) is 0 Å². The maximum atomic E-state index is 12.3. The third-order valence-corrected chi connectivity index (χ3v) is 8.26. The molecule has 0 heterocycles. The molecule has 1 aliphatic rings. The Kier molecular flexibility index (Phi) is 12.0. The summed E-state index contributed by atoms with van der Waals surface area (Å²) in [6.07, 6.45) is 3.76. The molecule has 0 aliphatic heterocycles. The maximum absolute atomic E-state index is 12.3. The average Bonchev–Trinajstić information content (AvgIpc) is 3.09. The van der Waals surface area contributed by atoms with E-state index in [0.717, 1.165) is 68.8 Å². The number of para-hydroxylation sites is 4. The molecule has 48 heavy (non-hydrogen) atoms. The molecule has 8 heteroatoms. The van der Waals surface area contributed by atoms with Gasteiger partial charge < -0.3 is 28.4 Å². The van der Waals surface area contributed by atoms with Crippen LogP contribution in [0.1, 0.15) is 71.2 Å². The minimum Gasteiger partial charge on any atom is -0.493 e. The van der Waals surface area contributed by atoms with Crippen LogP contribution in [0.15, 0.2) is 72.8 Å². The van der Waals surface area contributed by atoms with Crippen LogP contribution in [-0.4, -0.2) is 52.6 Å². The number of fused-ring (bicyclic) bond motifs is 8. The molecule has 8 bridgehead atoms. The molecule has 0 spiro atoms. The molecule has 0 amide bonds. The lowest BCUT2D eigenvalue weighted by atomic mass is 9.91. The molecule has 4 aromatic carbocycles. The van der Waals surface area contributed by atoms with E-state index in [1.807, 2.05) is 48.5 Å². The zero-order chi connectivity index (χ0) is 33.9. The van der Waals surface area contributed by atoms with E-state index in [4.69, 9.17) is 28.4 Å². The number of ether oxygens (including phenoxy) is 6. The standard InChI is InChI=1S/C40H44O8/c1-5-19-45-37-27-11-7-12-28(37)22-32-16-10-18-34(40(32)48-26-36(42)44-4)24-30-14-8-13-29(38(30)46-20-6-2)23-33-17-9-15-31(21-27)39(33)47-25-35(41)43-3/h7-18H,5-6,19-26H2,1-4H3. The van der Waals surface area contributed by atoms with E-state index in [1.54, 1.807) is 0 Å². The highest BCUT2D eigenvalue weighted by Crippen LogP contribution is 2.39. The van der Waals surface area contributed by atoms with Gasteiger partial charge in [-0.1, -0.05) is 86.6 Å². The predicted molar refractivity (Wildman–Crippen MR) is 184 cm³/mol. The van der Waals surface area contributed by atoms with Gasteiger partial charge in [-0.2, -0.15) is 0 Å². The predicted octanol–water partition coefficient (Wildman–Crippen LogP) is 7.04. The first-order valence-electron chi connectivity index (χ1n) is 16.5. The van der Waals surface area contributed by atoms with Crippen LogP contribution in [0.4, 0.5) is 0 Å². The van der Waals surface area contributed by atoms with Crippen molar-refractivity contribution in [1.29, 1.82) is 0 Å². The fourth-order valence-corrected chi connectivity index (χ4v) is 6.02. The molecule has 0 fully saturated rings. The number of esters is 2. The monoisotopic (exact) mass is 652 g/mol. The Balaban J connectivity index is 1.73. The first-order valence-corrected chi connectivity index (χ1v) is 16.5. The highest BCUT2D eigenvalue weighted by atomic mass is 16.6. The van der Waals surface area contributed by atoms with Crippen LogP contribution in [-0.2, 0) is 44.7 Å². The van der Waals surface area contributed by atoms with E-state index in [9.17, 15) is 9.59 Å². The summed E-state index contributed by atoms with van der Waals surface area (Å²) in [5.41, 5.74) is 7.70. The van der Waals surface area contributed by atoms with Gasteiger partial charge in [-0.25, -0.2) is 9.59 Å². The second-order valence-corrected chi connectivity index (χ2v) is 11.8. The topological polar surface area (TPSA) is 89.5 Å². The zero-order valence-corrected chi connectivity index (χ0v) is 28.3. The summed E-state index contributed by atoms with van der Waals surface area (Å²) in [6, 6.07) is 24.5. The van der Waals surface area contributed by atoms with Gasteiger partial charge in [0.15, 0.2) is 13.2 Å². The summed E-state index contributed by atoms with van der Waals surface area (Å²) < 4.78 is 35.3. The molecular formula is C40H44O8. The smallest absolute Gasteiger partial charge is 0.343 e. The van der Waals surface area contributed by atoms with Crippen molar-refractivity contribution in [3.63, 3.8) is 0 Å². The molecule has 0 saturated carbocycles. The summed E-state index contributed by atoms with van der Waals surface area (Å²) in [7, 11) is 2.71. The van der Waals surface area contributed by atoms with E-state index in [-0.39, 0.29) is 13.2 Å². The van der Waals surface area contributed by atoms with E-state index in [1.165, 1.54) is 14.2 Å². The normalized spacial score (nSPS) is 12.1. The SMILES string of the molecule is CCCOc1c2cccc1Cc1cccc(c1OCC(=O)OC)Cc1cccc(c1OCCC)Cc1cccc(c1OCC(=O)OC)C2. The van der Waals surface area contributed by atoms with Crippen LogP contribution >= 0.6 is 0 Å². The lowest BCUT2D eigenvalue weighted by molar-refractivity contribution is -0.143. The van der Waals surface area contributed by atoms with Crippen molar-refractivity contribution in [2.24, 2.45) is 0 Å². The van der Waals surface area contributed by atoms with Gasteiger partial charge >= 0.3 is 11.9 Å². The molecule has 8 nitrogen and oxygen atoms in total. The number of methoxy groups -OCH3 is 2. The van der Waals surface area contributed by atoms with Gasteiger partial charge in [0.05, 0.1) is 27.4 Å². The average molecular weight is 653 g/mol. The third kappa shape index (κ3) is 8.29. The molecule has 0 radical (unpaired) electrons. The lowest BCUT2D eigenvalue weighted by Crippen LogP contribution is -2.15. The fourth-order valence-electron chi connectivity index (χ4n) is 6.02. The molecule has 1 aliphatic carbocycles. The first kappa shape index (κ1) is 34.4. The van der Waals surface area contributed by atoms with Crippen LogP contribution in [0.5, 0.6) is 23.0 Å². The Labute approximate surface area is 282 Å². The van der Waals surface area contributed by atoms with Crippen molar-refractivity contribution in [1.82, 2.24) is 0 Å². The quantitative estimate of drug-likeness (QED) is 0.133. The molecule has 0 unspecified atom stereocenters. The fraction of sp³-hybridized carbons (Fsp3) is 0.350. The summed E-state index contributed by atoms with van der Waals surface area (Å²) >= 11 is 0. The molecule has 252 valence electrons. The lowest BCUT2D eigenvalue weighted by Gasteiger charge is -2.22. The zero-order valence-electron chi connectivity index (χ0n) is 28.3. The van der Waals surface area contributed by atoms with Crippen molar-refractivity contribution in [3.05, 3.63) is 117 Å². The van der Waals surface area contributed by atoms with Crippen LogP contribution in [0.3, 0.4) is 0 Å². The van der Waals surface area contributed by atoms with Crippen molar-refractivity contribution >= 4 is 11.9 Å². The Hall–Kier alpha value is -4.98. The van der Waals surface area contributed by atoms with Gasteiger partial charge in [0.2, 0.25) is 0 Å². The first-order chi connectivity index (χ1) is 23.4. The van der Waals surface area contributed by atoms with Crippen molar-refractivity contribution < 1.29 is 38.0 Å². The number of carbonyl (C=O) groups is 2. The minimum atomic E-state index is -0.452. The van der Waals surface area contributed by atoms with Crippen molar-refractivity contribution in [2.45, 2.75) is 52.4 Å². The highest BCUT2D eigenvalue weighted by molar-refractivity contribution is 5.71. The van der Waals surface area contributed by atoms with E-state index >= 15 is 0 Å². The number of hydrogen-bond donors (Lipinski definition) is 0. The Morgan fingerprint density at radius 2 is 0.708 bits per heavy atom. The molecule has 0 atom stereocenters. The number of rotatable bonds is 12. The molecule has 5 rings (SSSR count). The van der Waals surface area contributed by atoms with E-state index < -0.39 is 11.9 Å². The maximum Gasteiger partial charge on any atom is 0.343 e. The van der Waals surface area contributed by atoms with Gasteiger partial charge in [-0.15, -0.1) is 0 Å². The van der Waals surface area contributed by atoms with Gasteiger partial charge in [0, 0.05) is 25.7 Å². The van der Waals surface area contributed by atoms with Crippen LogP contribution < -0.4 is 18.9 Å². The van der Waals surface area contributed by atoms with Crippen molar-refractivity contribution in [2.75, 3.05) is 40.6 Å². The Bertz CT molecular complexity index is 1510. The number of benzene rings is 4. The minimum absolute atomic E-state index is 0.206. The van der Waals surface area contributed by atoms with Crippen LogP contribution in [0, 0.1) is 0 Å². The van der Waals surface area contributed by atoms with Crippen molar-refractivity contribution in [3.8, 4) is 23.0 Å². The van der Waals surface area contributed by atoms with E-state index in [2.05, 4.69) is 38.1 Å². The molecule has 4 aromatic rings. The van der Waals surface area contributed by atoms with E-state index in [0.29, 0.717) is 50.4 Å². The molecule has 0 saturated heterocycles. The number of carbonyl (C=O) groups excluding carboxylic acids is 2. The highest BCUT2D eigenvalue weighted by Gasteiger charge is 2.22. The summed E-state index contributed by atoms with van der Waals surface area (Å²) in [4.78, 5) is 24.5. The van der Waals surface area contributed by atoms with Crippen LogP contribution in [0.25, 0.3) is 0 Å². The summed E-state index contributed by atoms with van der Waals surface area (Å²) in [5.74, 6) is 2.01. The molecule has 0 aromatic heterocycles. The second kappa shape index (κ2) is 16.7. The Morgan fingerprint density at radius 3 is 0.938 bits per heavy atom. The largest absolute Gasteiger partial charge is 0.493 e. The molecular weight excluding hydrogens is 608 g/mol.